The van der Waals surface area contributed by atoms with E-state index in [1.807, 2.05) is 6.92 Å². The van der Waals surface area contributed by atoms with Gasteiger partial charge in [-0.25, -0.2) is 4.98 Å². The van der Waals surface area contributed by atoms with Crippen LogP contribution in [0.5, 0.6) is 0 Å². The second-order valence-corrected chi connectivity index (χ2v) is 3.99. The number of aromatic amines is 1. The lowest BCUT2D eigenvalue weighted by atomic mass is 9.97. The van der Waals surface area contributed by atoms with Crippen molar-refractivity contribution in [2.75, 3.05) is 18.0 Å². The van der Waals surface area contributed by atoms with Gasteiger partial charge in [0, 0.05) is 25.0 Å². The lowest BCUT2D eigenvalue weighted by molar-refractivity contribution is -0.142. The predicted molar refractivity (Wildman–Crippen MR) is 55.9 cm³/mol. The second kappa shape index (κ2) is 3.92. The maximum Gasteiger partial charge on any atom is 0.306 e. The molecule has 0 bridgehead atoms. The van der Waals surface area contributed by atoms with Crippen molar-refractivity contribution in [3.63, 3.8) is 0 Å². The van der Waals surface area contributed by atoms with E-state index in [-0.39, 0.29) is 5.92 Å². The van der Waals surface area contributed by atoms with Gasteiger partial charge in [0.25, 0.3) is 0 Å². The number of aliphatic carboxylic acids is 1. The molecule has 1 saturated heterocycles. The summed E-state index contributed by atoms with van der Waals surface area (Å²) in [6.07, 6.45) is 3.20. The first kappa shape index (κ1) is 10.0. The number of rotatable bonds is 2. The standard InChI is InChI=1S/C10H15N3O2/c1-7-6-11-10(12-7)13-4-2-8(3-5-13)9(14)15/h6,8H,2-5H2,1H3,(H,11,12)(H,14,15). The van der Waals surface area contributed by atoms with Crippen LogP contribution in [0.2, 0.25) is 0 Å². The van der Waals surface area contributed by atoms with Crippen LogP contribution in [0, 0.1) is 12.8 Å². The molecule has 15 heavy (non-hydrogen) atoms. The van der Waals surface area contributed by atoms with E-state index in [4.69, 9.17) is 5.11 Å². The van der Waals surface area contributed by atoms with Crippen LogP contribution in [0.3, 0.4) is 0 Å². The van der Waals surface area contributed by atoms with E-state index in [2.05, 4.69) is 14.9 Å². The van der Waals surface area contributed by atoms with Gasteiger partial charge < -0.3 is 15.0 Å². The van der Waals surface area contributed by atoms with Crippen LogP contribution in [-0.2, 0) is 4.79 Å². The third-order valence-corrected chi connectivity index (χ3v) is 2.83. The summed E-state index contributed by atoms with van der Waals surface area (Å²) in [5.41, 5.74) is 1.03. The molecule has 2 heterocycles. The number of nitrogens with one attached hydrogen (secondary N) is 1. The average Bonchev–Trinajstić information content (AvgIpc) is 2.65. The lowest BCUT2D eigenvalue weighted by Crippen LogP contribution is -2.36. The van der Waals surface area contributed by atoms with Gasteiger partial charge in [-0.1, -0.05) is 0 Å². The number of carbonyl (C=O) groups is 1. The summed E-state index contributed by atoms with van der Waals surface area (Å²) in [6, 6.07) is 0. The Kier molecular flexibility index (Phi) is 2.62. The number of carboxylic acid groups (broad SMARTS) is 1. The highest BCUT2D eigenvalue weighted by molar-refractivity contribution is 5.70. The number of aryl methyl sites for hydroxylation is 1. The molecule has 5 nitrogen and oxygen atoms in total. The third kappa shape index (κ3) is 2.11. The fourth-order valence-corrected chi connectivity index (χ4v) is 1.90. The number of hydrogen-bond donors (Lipinski definition) is 2. The zero-order valence-corrected chi connectivity index (χ0v) is 8.73. The molecule has 0 saturated carbocycles. The topological polar surface area (TPSA) is 69.2 Å². The van der Waals surface area contributed by atoms with Crippen molar-refractivity contribution >= 4 is 11.9 Å². The van der Waals surface area contributed by atoms with Crippen LogP contribution in [0.4, 0.5) is 5.95 Å². The van der Waals surface area contributed by atoms with Crippen molar-refractivity contribution in [3.8, 4) is 0 Å². The second-order valence-electron chi connectivity index (χ2n) is 3.99. The van der Waals surface area contributed by atoms with Crippen LogP contribution in [0.25, 0.3) is 0 Å². The Labute approximate surface area is 88.1 Å². The first-order chi connectivity index (χ1) is 7.16. The highest BCUT2D eigenvalue weighted by Crippen LogP contribution is 2.20. The van der Waals surface area contributed by atoms with Crippen molar-refractivity contribution in [1.82, 2.24) is 9.97 Å². The van der Waals surface area contributed by atoms with Crippen LogP contribution >= 0.6 is 0 Å². The molecule has 0 unspecified atom stereocenters. The largest absolute Gasteiger partial charge is 0.481 e. The van der Waals surface area contributed by atoms with Gasteiger partial charge in [-0.2, -0.15) is 0 Å². The van der Waals surface area contributed by atoms with Crippen LogP contribution in [0.1, 0.15) is 18.5 Å². The Morgan fingerprint density at radius 3 is 2.73 bits per heavy atom. The molecule has 1 aliphatic rings. The quantitative estimate of drug-likeness (QED) is 0.763. The van der Waals surface area contributed by atoms with Crippen LogP contribution in [-0.4, -0.2) is 34.1 Å². The fraction of sp³-hybridized carbons (Fsp3) is 0.600. The van der Waals surface area contributed by atoms with E-state index < -0.39 is 5.97 Å². The minimum Gasteiger partial charge on any atom is -0.481 e. The Morgan fingerprint density at radius 1 is 1.60 bits per heavy atom. The van der Waals surface area contributed by atoms with Crippen LogP contribution < -0.4 is 4.90 Å². The molecular weight excluding hydrogens is 194 g/mol. The van der Waals surface area contributed by atoms with E-state index in [1.54, 1.807) is 6.20 Å². The van der Waals surface area contributed by atoms with E-state index >= 15 is 0 Å². The number of piperidine rings is 1. The van der Waals surface area contributed by atoms with E-state index in [0.29, 0.717) is 12.8 Å². The monoisotopic (exact) mass is 209 g/mol. The van der Waals surface area contributed by atoms with Crippen LogP contribution in [0.15, 0.2) is 6.20 Å². The SMILES string of the molecule is Cc1cnc(N2CCC(C(=O)O)CC2)[nH]1. The number of imidazole rings is 1. The van der Waals surface area contributed by atoms with Gasteiger partial charge in [0.1, 0.15) is 0 Å². The first-order valence-electron chi connectivity index (χ1n) is 5.16. The van der Waals surface area contributed by atoms with Crippen molar-refractivity contribution in [1.29, 1.82) is 0 Å². The summed E-state index contributed by atoms with van der Waals surface area (Å²) in [5.74, 6) is -0.000997. The molecule has 0 aliphatic carbocycles. The van der Waals surface area contributed by atoms with Gasteiger partial charge in [-0.05, 0) is 19.8 Å². The lowest BCUT2D eigenvalue weighted by Gasteiger charge is -2.29. The van der Waals surface area contributed by atoms with E-state index in [1.165, 1.54) is 0 Å². The minimum absolute atomic E-state index is 0.183. The van der Waals surface area contributed by atoms with Crippen molar-refractivity contribution in [2.24, 2.45) is 5.92 Å². The molecule has 0 spiro atoms. The summed E-state index contributed by atoms with van der Waals surface area (Å²) in [7, 11) is 0. The molecule has 5 heteroatoms. The smallest absolute Gasteiger partial charge is 0.306 e. The number of H-pyrrole nitrogens is 1. The molecule has 0 aromatic carbocycles. The Bertz CT molecular complexity index is 353. The highest BCUT2D eigenvalue weighted by Gasteiger charge is 2.25. The van der Waals surface area contributed by atoms with Gasteiger partial charge in [0.05, 0.1) is 5.92 Å². The number of nitrogens with zero attached hydrogens (tertiary/aromatic N) is 2. The number of carboxylic acids is 1. The molecule has 0 radical (unpaired) electrons. The molecule has 2 N–H and O–H groups in total. The Morgan fingerprint density at radius 2 is 2.27 bits per heavy atom. The number of aromatic nitrogens is 2. The summed E-state index contributed by atoms with van der Waals surface area (Å²) in [4.78, 5) is 20.3. The van der Waals surface area contributed by atoms with Gasteiger partial charge in [0.15, 0.2) is 0 Å². The molecule has 0 amide bonds. The van der Waals surface area contributed by atoms with Gasteiger partial charge in [-0.3, -0.25) is 4.79 Å². The molecule has 82 valence electrons. The van der Waals surface area contributed by atoms with E-state index in [0.717, 1.165) is 24.7 Å². The zero-order valence-electron chi connectivity index (χ0n) is 8.73. The summed E-state index contributed by atoms with van der Waals surface area (Å²) >= 11 is 0. The maximum atomic E-state index is 10.8. The summed E-state index contributed by atoms with van der Waals surface area (Å²) in [6.45, 7) is 3.49. The first-order valence-corrected chi connectivity index (χ1v) is 5.16. The van der Waals surface area contributed by atoms with Gasteiger partial charge in [-0.15, -0.1) is 0 Å². The number of anilines is 1. The Hall–Kier alpha value is -1.52. The highest BCUT2D eigenvalue weighted by atomic mass is 16.4. The average molecular weight is 209 g/mol. The molecular formula is C10H15N3O2. The molecule has 1 aromatic rings. The third-order valence-electron chi connectivity index (χ3n) is 2.83. The maximum absolute atomic E-state index is 10.8. The molecule has 1 fully saturated rings. The summed E-state index contributed by atoms with van der Waals surface area (Å²) < 4.78 is 0. The fourth-order valence-electron chi connectivity index (χ4n) is 1.90. The Balaban J connectivity index is 1.96. The normalized spacial score (nSPS) is 18.1. The molecule has 1 aliphatic heterocycles. The molecule has 0 atom stereocenters. The van der Waals surface area contributed by atoms with Gasteiger partial charge >= 0.3 is 5.97 Å². The predicted octanol–water partition coefficient (Wildman–Crippen LogP) is 1.02. The summed E-state index contributed by atoms with van der Waals surface area (Å²) in [5, 5.41) is 8.86. The minimum atomic E-state index is -0.676. The molecule has 1 aromatic heterocycles. The van der Waals surface area contributed by atoms with Crippen molar-refractivity contribution in [2.45, 2.75) is 19.8 Å². The zero-order chi connectivity index (χ0) is 10.8. The van der Waals surface area contributed by atoms with E-state index in [9.17, 15) is 4.79 Å². The van der Waals surface area contributed by atoms with Crippen molar-refractivity contribution < 1.29 is 9.90 Å². The van der Waals surface area contributed by atoms with Gasteiger partial charge in [0.2, 0.25) is 5.95 Å². The van der Waals surface area contributed by atoms with Crippen molar-refractivity contribution in [3.05, 3.63) is 11.9 Å². The molecule has 2 rings (SSSR count). The number of hydrogen-bond acceptors (Lipinski definition) is 3.